The lowest BCUT2D eigenvalue weighted by molar-refractivity contribution is -0.200. The Kier molecular flexibility index (Phi) is 6.94. The van der Waals surface area contributed by atoms with Crippen LogP contribution in [-0.4, -0.2) is 56.8 Å². The van der Waals surface area contributed by atoms with Gasteiger partial charge in [-0.25, -0.2) is 0 Å². The smallest absolute Gasteiger partial charge is 0.382 e. The zero-order valence-electron chi connectivity index (χ0n) is 21.2. The third-order valence-electron chi connectivity index (χ3n) is 7.82. The minimum absolute atomic E-state index is 0.191. The summed E-state index contributed by atoms with van der Waals surface area (Å²) in [7, 11) is 1.74. The molecule has 3 aromatic carbocycles. The number of aliphatic hydroxyl groups excluding tert-OH is 1. The Morgan fingerprint density at radius 3 is 2.57 bits per heavy atom. The zero-order valence-corrected chi connectivity index (χ0v) is 21.2. The predicted octanol–water partition coefficient (Wildman–Crippen LogP) is 5.49. The van der Waals surface area contributed by atoms with E-state index in [1.807, 2.05) is 49.4 Å². The average molecular weight is 511 g/mol. The summed E-state index contributed by atoms with van der Waals surface area (Å²) in [4.78, 5) is 4.01. The maximum Gasteiger partial charge on any atom is 0.416 e. The number of β-amino-alcohol motifs (C(OH)–C–C–N with tert-alkyl or cyclic N) is 1. The van der Waals surface area contributed by atoms with Gasteiger partial charge in [0.1, 0.15) is 0 Å². The van der Waals surface area contributed by atoms with Gasteiger partial charge in [-0.3, -0.25) is 0 Å². The van der Waals surface area contributed by atoms with Gasteiger partial charge in [0.15, 0.2) is 6.10 Å². The maximum absolute atomic E-state index is 13.4. The standard InChI is InChI=1S/C30H33F3N2O2/c1-21-7-5-8-22(15-21)17-29(23-9-6-10-24(16-23)34-14-13-25(18-34)37-2)20-35(19-28(36)30(31,32)33)27-12-4-3-11-26(27)29/h3-12,15-16,25,28,36H,13-14,17-20H2,1-2H3/t25-,28-,29?/m1/s1. The van der Waals surface area contributed by atoms with Crippen molar-refractivity contribution in [2.45, 2.75) is 43.6 Å². The van der Waals surface area contributed by atoms with E-state index in [2.05, 4.69) is 35.2 Å². The summed E-state index contributed by atoms with van der Waals surface area (Å²) in [5, 5.41) is 9.99. The normalized spacial score (nSPS) is 22.4. The highest BCUT2D eigenvalue weighted by molar-refractivity contribution is 5.68. The second-order valence-electron chi connectivity index (χ2n) is 10.3. The third kappa shape index (κ3) is 5.07. The molecular formula is C30H33F3N2O2. The summed E-state index contributed by atoms with van der Waals surface area (Å²) < 4.78 is 45.7. The van der Waals surface area contributed by atoms with E-state index in [4.69, 9.17) is 4.74 Å². The van der Waals surface area contributed by atoms with Crippen molar-refractivity contribution >= 4 is 11.4 Å². The van der Waals surface area contributed by atoms with Gasteiger partial charge in [-0.2, -0.15) is 13.2 Å². The second-order valence-corrected chi connectivity index (χ2v) is 10.3. The number of halogens is 3. The molecule has 1 fully saturated rings. The molecule has 0 amide bonds. The van der Waals surface area contributed by atoms with E-state index in [-0.39, 0.29) is 6.10 Å². The van der Waals surface area contributed by atoms with Crippen molar-refractivity contribution in [1.29, 1.82) is 0 Å². The Hall–Kier alpha value is -3.03. The summed E-state index contributed by atoms with van der Waals surface area (Å²) in [6, 6.07) is 24.4. The van der Waals surface area contributed by atoms with Crippen molar-refractivity contribution in [2.24, 2.45) is 0 Å². The van der Waals surface area contributed by atoms with E-state index in [1.54, 1.807) is 12.0 Å². The van der Waals surface area contributed by atoms with Gasteiger partial charge in [-0.05, 0) is 54.7 Å². The molecule has 196 valence electrons. The van der Waals surface area contributed by atoms with Gasteiger partial charge in [-0.1, -0.05) is 60.2 Å². The van der Waals surface area contributed by atoms with E-state index in [0.29, 0.717) is 13.0 Å². The van der Waals surface area contributed by atoms with Crippen LogP contribution in [0.4, 0.5) is 24.5 Å². The number of para-hydroxylation sites is 1. The Bertz CT molecular complexity index is 1250. The van der Waals surface area contributed by atoms with Crippen molar-refractivity contribution in [3.05, 3.63) is 95.1 Å². The van der Waals surface area contributed by atoms with Crippen LogP contribution < -0.4 is 9.80 Å². The number of methoxy groups -OCH3 is 1. The van der Waals surface area contributed by atoms with Crippen LogP contribution in [0.15, 0.2) is 72.8 Å². The van der Waals surface area contributed by atoms with Gasteiger partial charge in [0.05, 0.1) is 12.6 Å². The molecule has 5 rings (SSSR count). The summed E-state index contributed by atoms with van der Waals surface area (Å²) >= 11 is 0. The van der Waals surface area contributed by atoms with Crippen LogP contribution >= 0.6 is 0 Å². The fraction of sp³-hybridized carbons (Fsp3) is 0.400. The zero-order chi connectivity index (χ0) is 26.2. The predicted molar refractivity (Wildman–Crippen MR) is 140 cm³/mol. The SMILES string of the molecule is CO[C@@H]1CCN(c2cccc(C3(Cc4cccc(C)c4)CN(C[C@@H](O)C(F)(F)F)c4ccccc43)c2)C1. The molecule has 2 aliphatic heterocycles. The Morgan fingerprint density at radius 1 is 1.05 bits per heavy atom. The number of aryl methyl sites for hydroxylation is 1. The van der Waals surface area contributed by atoms with Crippen molar-refractivity contribution < 1.29 is 23.0 Å². The van der Waals surface area contributed by atoms with E-state index in [9.17, 15) is 18.3 Å². The largest absolute Gasteiger partial charge is 0.416 e. The quantitative estimate of drug-likeness (QED) is 0.456. The van der Waals surface area contributed by atoms with Gasteiger partial charge in [0.25, 0.3) is 0 Å². The molecule has 2 aliphatic rings. The number of rotatable bonds is 7. The molecule has 2 heterocycles. The lowest BCUT2D eigenvalue weighted by atomic mass is 9.71. The first-order valence-corrected chi connectivity index (χ1v) is 12.7. The Balaban J connectivity index is 1.60. The number of alkyl halides is 3. The van der Waals surface area contributed by atoms with Gasteiger partial charge in [0, 0.05) is 43.5 Å². The number of aliphatic hydroxyl groups is 1. The third-order valence-corrected chi connectivity index (χ3v) is 7.82. The Labute approximate surface area is 216 Å². The van der Waals surface area contributed by atoms with Crippen LogP contribution in [0.3, 0.4) is 0 Å². The fourth-order valence-electron chi connectivity index (χ4n) is 5.95. The van der Waals surface area contributed by atoms with Gasteiger partial charge in [-0.15, -0.1) is 0 Å². The molecule has 3 aromatic rings. The molecule has 1 N–H and O–H groups in total. The van der Waals surface area contributed by atoms with E-state index in [0.717, 1.165) is 53.1 Å². The monoisotopic (exact) mass is 510 g/mol. The van der Waals surface area contributed by atoms with E-state index >= 15 is 0 Å². The lowest BCUT2D eigenvalue weighted by Gasteiger charge is -2.33. The fourth-order valence-corrected chi connectivity index (χ4v) is 5.95. The Morgan fingerprint density at radius 2 is 1.84 bits per heavy atom. The molecular weight excluding hydrogens is 477 g/mol. The average Bonchev–Trinajstić information content (AvgIpc) is 3.48. The number of ether oxygens (including phenoxy) is 1. The molecule has 1 saturated heterocycles. The molecule has 37 heavy (non-hydrogen) atoms. The molecule has 1 unspecified atom stereocenters. The molecule has 0 radical (unpaired) electrons. The summed E-state index contributed by atoms with van der Waals surface area (Å²) in [6.45, 7) is 3.60. The van der Waals surface area contributed by atoms with Crippen LogP contribution in [0.25, 0.3) is 0 Å². The van der Waals surface area contributed by atoms with Crippen molar-refractivity contribution in [3.8, 4) is 0 Å². The number of nitrogens with zero attached hydrogens (tertiary/aromatic N) is 2. The van der Waals surface area contributed by atoms with Crippen molar-refractivity contribution in [2.75, 3.05) is 43.1 Å². The number of hydrogen-bond acceptors (Lipinski definition) is 4. The molecule has 0 aliphatic carbocycles. The highest BCUT2D eigenvalue weighted by atomic mass is 19.4. The van der Waals surface area contributed by atoms with E-state index in [1.165, 1.54) is 0 Å². The molecule has 0 spiro atoms. The molecule has 0 saturated carbocycles. The first kappa shape index (κ1) is 25.6. The first-order valence-electron chi connectivity index (χ1n) is 12.7. The summed E-state index contributed by atoms with van der Waals surface area (Å²) in [5.41, 5.74) is 5.56. The highest BCUT2D eigenvalue weighted by Gasteiger charge is 2.47. The second kappa shape index (κ2) is 10.0. The van der Waals surface area contributed by atoms with Gasteiger partial charge < -0.3 is 19.6 Å². The van der Waals surface area contributed by atoms with Crippen LogP contribution in [0.2, 0.25) is 0 Å². The van der Waals surface area contributed by atoms with Crippen LogP contribution in [0.1, 0.15) is 28.7 Å². The van der Waals surface area contributed by atoms with Crippen LogP contribution in [0, 0.1) is 6.92 Å². The molecule has 0 aromatic heterocycles. The topological polar surface area (TPSA) is 35.9 Å². The molecule has 7 heteroatoms. The summed E-state index contributed by atoms with van der Waals surface area (Å²) in [5.74, 6) is 0. The van der Waals surface area contributed by atoms with Crippen LogP contribution in [-0.2, 0) is 16.6 Å². The van der Waals surface area contributed by atoms with Crippen LogP contribution in [0.5, 0.6) is 0 Å². The first-order chi connectivity index (χ1) is 17.7. The summed E-state index contributed by atoms with van der Waals surface area (Å²) in [6.07, 6.45) is -5.31. The van der Waals surface area contributed by atoms with Crippen molar-refractivity contribution in [1.82, 2.24) is 0 Å². The maximum atomic E-state index is 13.4. The van der Waals surface area contributed by atoms with Crippen molar-refractivity contribution in [3.63, 3.8) is 0 Å². The number of anilines is 2. The lowest BCUT2D eigenvalue weighted by Crippen LogP contribution is -2.44. The molecule has 3 atom stereocenters. The van der Waals surface area contributed by atoms with Gasteiger partial charge in [0.2, 0.25) is 0 Å². The number of fused-ring (bicyclic) bond motifs is 1. The minimum Gasteiger partial charge on any atom is -0.382 e. The molecule has 4 nitrogen and oxygen atoms in total. The molecule has 0 bridgehead atoms. The van der Waals surface area contributed by atoms with Gasteiger partial charge >= 0.3 is 6.18 Å². The number of hydrogen-bond donors (Lipinski definition) is 1. The van der Waals surface area contributed by atoms with E-state index < -0.39 is 24.2 Å². The minimum atomic E-state index is -4.68. The highest BCUT2D eigenvalue weighted by Crippen LogP contribution is 2.48. The number of benzene rings is 3.